The van der Waals surface area contributed by atoms with Gasteiger partial charge in [0.15, 0.2) is 0 Å². The maximum atomic E-state index is 12.4. The first-order valence-electron chi connectivity index (χ1n) is 7.50. The van der Waals surface area contributed by atoms with Crippen LogP contribution in [0.1, 0.15) is 11.7 Å². The molecule has 2 aromatic rings. The molecular formula is C17H14Cl2F3NO2. The quantitative estimate of drug-likeness (QED) is 0.756. The van der Waals surface area contributed by atoms with Crippen LogP contribution in [-0.2, 0) is 0 Å². The Labute approximate surface area is 152 Å². The molecule has 1 N–H and O–H groups in total. The third-order valence-corrected chi connectivity index (χ3v) is 4.55. The van der Waals surface area contributed by atoms with E-state index in [1.807, 2.05) is 0 Å². The number of benzene rings is 2. The van der Waals surface area contributed by atoms with Gasteiger partial charge in [-0.1, -0.05) is 35.3 Å². The zero-order valence-electron chi connectivity index (χ0n) is 12.8. The Morgan fingerprint density at radius 2 is 1.72 bits per heavy atom. The third kappa shape index (κ3) is 4.71. The van der Waals surface area contributed by atoms with Crippen molar-refractivity contribution in [2.45, 2.75) is 12.5 Å². The van der Waals surface area contributed by atoms with Gasteiger partial charge in [0.1, 0.15) is 17.6 Å². The minimum Gasteiger partial charge on any atom is -0.485 e. The molecule has 1 fully saturated rings. The summed E-state index contributed by atoms with van der Waals surface area (Å²) in [7, 11) is 0. The second-order valence-electron chi connectivity index (χ2n) is 5.65. The fourth-order valence-corrected chi connectivity index (χ4v) is 2.85. The first kappa shape index (κ1) is 18.2. The number of nitrogens with one attached hydrogen (secondary N) is 1. The highest BCUT2D eigenvalue weighted by Crippen LogP contribution is 2.35. The Bertz CT molecular complexity index is 751. The van der Waals surface area contributed by atoms with E-state index in [0.29, 0.717) is 10.0 Å². The van der Waals surface area contributed by atoms with Crippen LogP contribution in [0.4, 0.5) is 13.2 Å². The molecule has 0 spiro atoms. The van der Waals surface area contributed by atoms with E-state index in [9.17, 15) is 13.2 Å². The van der Waals surface area contributed by atoms with E-state index in [4.69, 9.17) is 27.9 Å². The first-order chi connectivity index (χ1) is 11.8. The summed E-state index contributed by atoms with van der Waals surface area (Å²) in [6.07, 6.45) is -5.11. The second-order valence-corrected chi connectivity index (χ2v) is 6.47. The van der Waals surface area contributed by atoms with Crippen LogP contribution < -0.4 is 14.8 Å². The summed E-state index contributed by atoms with van der Waals surface area (Å²) in [5, 5.41) is 3.98. The SMILES string of the molecule is FC(F)(F)Oc1cccc(OC(c2ccc(Cl)c(Cl)c2)C2CNC2)c1. The van der Waals surface area contributed by atoms with Gasteiger partial charge in [-0.2, -0.15) is 0 Å². The summed E-state index contributed by atoms with van der Waals surface area (Å²) >= 11 is 12.0. The molecule has 3 nitrogen and oxygen atoms in total. The van der Waals surface area contributed by atoms with Gasteiger partial charge < -0.3 is 14.8 Å². The summed E-state index contributed by atoms with van der Waals surface area (Å²) in [5.41, 5.74) is 0.808. The molecule has 2 aromatic carbocycles. The minimum atomic E-state index is -4.75. The topological polar surface area (TPSA) is 30.5 Å². The maximum absolute atomic E-state index is 12.4. The monoisotopic (exact) mass is 391 g/mol. The molecule has 1 unspecified atom stereocenters. The number of ether oxygens (including phenoxy) is 2. The van der Waals surface area contributed by atoms with E-state index in [1.165, 1.54) is 18.2 Å². The van der Waals surface area contributed by atoms with Gasteiger partial charge in [-0.15, -0.1) is 13.2 Å². The second kappa shape index (κ2) is 7.32. The number of halogens is 5. The molecule has 0 aromatic heterocycles. The number of alkyl halides is 3. The van der Waals surface area contributed by atoms with Gasteiger partial charge in [0.25, 0.3) is 0 Å². The molecule has 0 amide bonds. The average molecular weight is 392 g/mol. The molecule has 8 heteroatoms. The predicted octanol–water partition coefficient (Wildman–Crippen LogP) is 5.23. The predicted molar refractivity (Wildman–Crippen MR) is 89.3 cm³/mol. The van der Waals surface area contributed by atoms with Crippen molar-refractivity contribution in [1.29, 1.82) is 0 Å². The van der Waals surface area contributed by atoms with E-state index in [-0.39, 0.29) is 23.5 Å². The normalized spacial score (nSPS) is 16.2. The van der Waals surface area contributed by atoms with Crippen molar-refractivity contribution in [2.75, 3.05) is 13.1 Å². The highest BCUT2D eigenvalue weighted by Gasteiger charge is 2.32. The summed E-state index contributed by atoms with van der Waals surface area (Å²) in [5.74, 6) is 0.124. The van der Waals surface area contributed by atoms with E-state index in [0.717, 1.165) is 18.7 Å². The van der Waals surface area contributed by atoms with Crippen LogP contribution in [0.5, 0.6) is 11.5 Å². The fourth-order valence-electron chi connectivity index (χ4n) is 2.54. The standard InChI is InChI=1S/C17H14Cl2F3NO2/c18-14-5-4-10(6-15(14)19)16(11-8-23-9-11)24-12-2-1-3-13(7-12)25-17(20,21)22/h1-7,11,16,23H,8-9H2. The Morgan fingerprint density at radius 1 is 1.00 bits per heavy atom. The smallest absolute Gasteiger partial charge is 0.485 e. The highest BCUT2D eigenvalue weighted by atomic mass is 35.5. The van der Waals surface area contributed by atoms with E-state index >= 15 is 0 Å². The number of rotatable bonds is 5. The molecular weight excluding hydrogens is 378 g/mol. The van der Waals surface area contributed by atoms with Crippen molar-refractivity contribution in [1.82, 2.24) is 5.32 Å². The van der Waals surface area contributed by atoms with Crippen molar-refractivity contribution in [3.63, 3.8) is 0 Å². The molecule has 0 saturated carbocycles. The number of hydrogen-bond acceptors (Lipinski definition) is 3. The van der Waals surface area contributed by atoms with Crippen molar-refractivity contribution in [3.05, 3.63) is 58.1 Å². The maximum Gasteiger partial charge on any atom is 0.573 e. The van der Waals surface area contributed by atoms with Crippen molar-refractivity contribution in [3.8, 4) is 11.5 Å². The molecule has 25 heavy (non-hydrogen) atoms. The van der Waals surface area contributed by atoms with Crippen molar-refractivity contribution in [2.24, 2.45) is 5.92 Å². The third-order valence-electron chi connectivity index (χ3n) is 3.82. The highest BCUT2D eigenvalue weighted by molar-refractivity contribution is 6.42. The average Bonchev–Trinajstić information content (AvgIpc) is 2.46. The fraction of sp³-hybridized carbons (Fsp3) is 0.294. The van der Waals surface area contributed by atoms with Gasteiger partial charge >= 0.3 is 6.36 Å². The molecule has 1 heterocycles. The Morgan fingerprint density at radius 3 is 2.32 bits per heavy atom. The van der Waals surface area contributed by atoms with E-state index < -0.39 is 6.36 Å². The van der Waals surface area contributed by atoms with Crippen LogP contribution in [0.3, 0.4) is 0 Å². The molecule has 0 radical (unpaired) electrons. The molecule has 1 aliphatic rings. The van der Waals surface area contributed by atoms with Crippen LogP contribution in [0.15, 0.2) is 42.5 Å². The zero-order valence-corrected chi connectivity index (χ0v) is 14.3. The molecule has 0 bridgehead atoms. The lowest BCUT2D eigenvalue weighted by molar-refractivity contribution is -0.274. The summed E-state index contributed by atoms with van der Waals surface area (Å²) < 4.78 is 47.0. The number of hydrogen-bond donors (Lipinski definition) is 1. The van der Waals surface area contributed by atoms with Crippen LogP contribution in [0.2, 0.25) is 10.0 Å². The van der Waals surface area contributed by atoms with Crippen LogP contribution in [-0.4, -0.2) is 19.5 Å². The molecule has 1 atom stereocenters. The van der Waals surface area contributed by atoms with Gasteiger partial charge in [-0.25, -0.2) is 0 Å². The lowest BCUT2D eigenvalue weighted by atomic mass is 9.91. The van der Waals surface area contributed by atoms with Crippen molar-refractivity contribution >= 4 is 23.2 Å². The Hall–Kier alpha value is -1.63. The summed E-state index contributed by atoms with van der Waals surface area (Å²) in [6, 6.07) is 10.6. The Balaban J connectivity index is 1.83. The van der Waals surface area contributed by atoms with Crippen LogP contribution in [0, 0.1) is 5.92 Å². The van der Waals surface area contributed by atoms with Crippen LogP contribution >= 0.6 is 23.2 Å². The molecule has 1 aliphatic heterocycles. The van der Waals surface area contributed by atoms with E-state index in [2.05, 4.69) is 10.1 Å². The van der Waals surface area contributed by atoms with Gasteiger partial charge in [0, 0.05) is 25.1 Å². The molecule has 134 valence electrons. The minimum absolute atomic E-state index is 0.171. The van der Waals surface area contributed by atoms with E-state index in [1.54, 1.807) is 24.3 Å². The summed E-state index contributed by atoms with van der Waals surface area (Å²) in [6.45, 7) is 1.48. The molecule has 0 aliphatic carbocycles. The van der Waals surface area contributed by atoms with Gasteiger partial charge in [0.05, 0.1) is 10.0 Å². The Kier molecular flexibility index (Phi) is 5.32. The molecule has 1 saturated heterocycles. The van der Waals surface area contributed by atoms with Gasteiger partial charge in [-0.3, -0.25) is 0 Å². The largest absolute Gasteiger partial charge is 0.573 e. The van der Waals surface area contributed by atoms with Gasteiger partial charge in [-0.05, 0) is 29.8 Å². The van der Waals surface area contributed by atoms with Gasteiger partial charge in [0.2, 0.25) is 0 Å². The lowest BCUT2D eigenvalue weighted by Crippen LogP contribution is -2.46. The lowest BCUT2D eigenvalue weighted by Gasteiger charge is -2.35. The van der Waals surface area contributed by atoms with Crippen LogP contribution in [0.25, 0.3) is 0 Å². The first-order valence-corrected chi connectivity index (χ1v) is 8.25. The van der Waals surface area contributed by atoms with Crippen molar-refractivity contribution < 1.29 is 22.6 Å². The zero-order chi connectivity index (χ0) is 18.0. The molecule has 3 rings (SSSR count). The summed E-state index contributed by atoms with van der Waals surface area (Å²) in [4.78, 5) is 0.